The molecule has 2 aromatic heterocycles. The fraction of sp³-hybridized carbons (Fsp3) is 0.150. The molecule has 30 heavy (non-hydrogen) atoms. The molecule has 9 nitrogen and oxygen atoms in total. The molecule has 0 spiro atoms. The molecule has 0 fully saturated rings. The summed E-state index contributed by atoms with van der Waals surface area (Å²) in [7, 11) is 3.12. The maximum atomic E-state index is 12.6. The van der Waals surface area contributed by atoms with Gasteiger partial charge in [0.05, 0.1) is 25.5 Å². The molecule has 0 aliphatic rings. The molecule has 2 heterocycles. The van der Waals surface area contributed by atoms with E-state index in [0.717, 1.165) is 22.9 Å². The minimum atomic E-state index is -0.329. The van der Waals surface area contributed by atoms with Crippen molar-refractivity contribution in [2.75, 3.05) is 19.5 Å². The van der Waals surface area contributed by atoms with Gasteiger partial charge in [0.2, 0.25) is 5.13 Å². The topological polar surface area (TPSA) is 104 Å². The normalized spacial score (nSPS) is 10.6. The van der Waals surface area contributed by atoms with E-state index >= 15 is 0 Å². The van der Waals surface area contributed by atoms with Crippen LogP contribution in [0.5, 0.6) is 11.5 Å². The number of anilines is 1. The van der Waals surface area contributed by atoms with Crippen LogP contribution in [0.1, 0.15) is 16.1 Å². The lowest BCUT2D eigenvalue weighted by atomic mass is 10.2. The molecule has 0 aliphatic carbocycles. The average molecular weight is 422 g/mol. The van der Waals surface area contributed by atoms with Crippen molar-refractivity contribution in [2.45, 2.75) is 6.92 Å². The lowest BCUT2D eigenvalue weighted by Crippen LogP contribution is -2.12. The fourth-order valence-corrected chi connectivity index (χ4v) is 3.50. The SMILES string of the molecule is COc1ccccc1C(=O)Nc1nc(-c2nnn(-c3ccccc3OC)c2C)ns1. The van der Waals surface area contributed by atoms with E-state index < -0.39 is 0 Å². The molecule has 0 aliphatic heterocycles. The van der Waals surface area contributed by atoms with Gasteiger partial charge in [-0.3, -0.25) is 10.1 Å². The second-order valence-corrected chi connectivity index (χ2v) is 6.94. The van der Waals surface area contributed by atoms with E-state index in [2.05, 4.69) is 25.0 Å². The number of aromatic nitrogens is 5. The van der Waals surface area contributed by atoms with Crippen molar-refractivity contribution in [3.8, 4) is 28.7 Å². The number of para-hydroxylation sites is 3. The van der Waals surface area contributed by atoms with Crippen LogP contribution in [-0.2, 0) is 0 Å². The number of nitrogens with zero attached hydrogens (tertiary/aromatic N) is 5. The highest BCUT2D eigenvalue weighted by atomic mass is 32.1. The highest BCUT2D eigenvalue weighted by molar-refractivity contribution is 7.10. The summed E-state index contributed by atoms with van der Waals surface area (Å²) in [5.41, 5.74) is 2.45. The van der Waals surface area contributed by atoms with Crippen molar-refractivity contribution < 1.29 is 14.3 Å². The minimum absolute atomic E-state index is 0.329. The summed E-state index contributed by atoms with van der Waals surface area (Å²) in [4.78, 5) is 17.0. The van der Waals surface area contributed by atoms with Crippen molar-refractivity contribution in [2.24, 2.45) is 0 Å². The number of nitrogens with one attached hydrogen (secondary N) is 1. The zero-order valence-electron chi connectivity index (χ0n) is 16.5. The van der Waals surface area contributed by atoms with Crippen molar-refractivity contribution in [3.63, 3.8) is 0 Å². The summed E-state index contributed by atoms with van der Waals surface area (Å²) in [6.45, 7) is 1.87. The Kier molecular flexibility index (Phi) is 5.40. The Labute approximate surface area is 176 Å². The maximum absolute atomic E-state index is 12.6. The lowest BCUT2D eigenvalue weighted by molar-refractivity contribution is 0.102. The lowest BCUT2D eigenvalue weighted by Gasteiger charge is -2.08. The van der Waals surface area contributed by atoms with Gasteiger partial charge in [-0.1, -0.05) is 29.5 Å². The van der Waals surface area contributed by atoms with Crippen LogP contribution in [0, 0.1) is 6.92 Å². The summed E-state index contributed by atoms with van der Waals surface area (Å²) in [6.07, 6.45) is 0. The van der Waals surface area contributed by atoms with Gasteiger partial charge in [0.1, 0.15) is 17.2 Å². The van der Waals surface area contributed by atoms with E-state index in [1.54, 1.807) is 36.1 Å². The first-order valence-corrected chi connectivity index (χ1v) is 9.74. The highest BCUT2D eigenvalue weighted by Crippen LogP contribution is 2.28. The molecule has 0 saturated carbocycles. The third kappa shape index (κ3) is 3.60. The minimum Gasteiger partial charge on any atom is -0.496 e. The first-order chi connectivity index (χ1) is 14.6. The molecule has 0 bridgehead atoms. The molecule has 2 aromatic carbocycles. The van der Waals surface area contributed by atoms with Crippen LogP contribution >= 0.6 is 11.5 Å². The number of carbonyl (C=O) groups excluding carboxylic acids is 1. The molecule has 0 atom stereocenters. The molecule has 4 rings (SSSR count). The number of ether oxygens (including phenoxy) is 2. The van der Waals surface area contributed by atoms with Crippen LogP contribution in [0.3, 0.4) is 0 Å². The first kappa shape index (κ1) is 19.5. The monoisotopic (exact) mass is 422 g/mol. The molecular weight excluding hydrogens is 404 g/mol. The predicted octanol–water partition coefficient (Wildman–Crippen LogP) is 3.36. The van der Waals surface area contributed by atoms with Crippen LogP contribution in [-0.4, -0.2) is 44.5 Å². The largest absolute Gasteiger partial charge is 0.496 e. The summed E-state index contributed by atoms with van der Waals surface area (Å²) in [5, 5.41) is 11.5. The molecule has 1 N–H and O–H groups in total. The van der Waals surface area contributed by atoms with Crippen molar-refractivity contribution in [1.29, 1.82) is 0 Å². The van der Waals surface area contributed by atoms with Gasteiger partial charge in [0.25, 0.3) is 5.91 Å². The third-order valence-corrected chi connectivity index (χ3v) is 5.05. The summed E-state index contributed by atoms with van der Waals surface area (Å²) < 4.78 is 16.6. The maximum Gasteiger partial charge on any atom is 0.261 e. The second-order valence-electron chi connectivity index (χ2n) is 6.18. The first-order valence-electron chi connectivity index (χ1n) is 8.96. The smallest absolute Gasteiger partial charge is 0.261 e. The van der Waals surface area contributed by atoms with Gasteiger partial charge >= 0.3 is 0 Å². The molecule has 0 saturated heterocycles. The van der Waals surface area contributed by atoms with Gasteiger partial charge in [-0.25, -0.2) is 4.68 Å². The quantitative estimate of drug-likeness (QED) is 0.508. The number of hydrogen-bond acceptors (Lipinski definition) is 8. The van der Waals surface area contributed by atoms with Gasteiger partial charge in [0.15, 0.2) is 11.5 Å². The van der Waals surface area contributed by atoms with Gasteiger partial charge in [-0.15, -0.1) is 5.10 Å². The van der Waals surface area contributed by atoms with Gasteiger partial charge < -0.3 is 9.47 Å². The Balaban J connectivity index is 1.59. The Hall–Kier alpha value is -3.79. The summed E-state index contributed by atoms with van der Waals surface area (Å²) >= 11 is 1.07. The number of hydrogen-bond donors (Lipinski definition) is 1. The predicted molar refractivity (Wildman–Crippen MR) is 112 cm³/mol. The number of carbonyl (C=O) groups is 1. The number of methoxy groups -OCH3 is 2. The Morgan fingerprint density at radius 2 is 1.73 bits per heavy atom. The van der Waals surface area contributed by atoms with Crippen LogP contribution in [0.15, 0.2) is 48.5 Å². The average Bonchev–Trinajstić information content (AvgIpc) is 3.39. The molecule has 4 aromatic rings. The standard InChI is InChI=1S/C20H18N6O3S/c1-12-17(23-25-26(12)14-9-5-7-11-16(14)29-3)18-21-20(30-24-18)22-19(27)13-8-4-6-10-15(13)28-2/h4-11H,1-3H3,(H,21,22,24,27). The second kappa shape index (κ2) is 8.29. The van der Waals surface area contributed by atoms with E-state index in [9.17, 15) is 4.79 Å². The fourth-order valence-electron chi connectivity index (χ4n) is 2.94. The van der Waals surface area contributed by atoms with Crippen molar-refractivity contribution >= 4 is 22.6 Å². The van der Waals surface area contributed by atoms with Crippen LogP contribution in [0.4, 0.5) is 5.13 Å². The number of benzene rings is 2. The van der Waals surface area contributed by atoms with Gasteiger partial charge in [-0.05, 0) is 31.2 Å². The molecule has 0 radical (unpaired) electrons. The molecular formula is C20H18N6O3S. The molecule has 0 unspecified atom stereocenters. The van der Waals surface area contributed by atoms with E-state index in [1.165, 1.54) is 7.11 Å². The van der Waals surface area contributed by atoms with Gasteiger partial charge in [0, 0.05) is 11.5 Å². The van der Waals surface area contributed by atoms with Crippen molar-refractivity contribution in [1.82, 2.24) is 24.4 Å². The van der Waals surface area contributed by atoms with Crippen LogP contribution in [0.25, 0.3) is 17.2 Å². The van der Waals surface area contributed by atoms with Crippen LogP contribution < -0.4 is 14.8 Å². The number of amides is 1. The molecule has 152 valence electrons. The summed E-state index contributed by atoms with van der Waals surface area (Å²) in [5.74, 6) is 1.21. The van der Waals surface area contributed by atoms with Crippen LogP contribution in [0.2, 0.25) is 0 Å². The summed E-state index contributed by atoms with van der Waals surface area (Å²) in [6, 6.07) is 14.5. The van der Waals surface area contributed by atoms with Crippen molar-refractivity contribution in [3.05, 3.63) is 59.8 Å². The van der Waals surface area contributed by atoms with E-state index in [4.69, 9.17) is 9.47 Å². The number of rotatable bonds is 6. The Morgan fingerprint density at radius 3 is 2.50 bits per heavy atom. The zero-order chi connectivity index (χ0) is 21.1. The Bertz CT molecular complexity index is 1200. The van der Waals surface area contributed by atoms with E-state index in [1.807, 2.05) is 31.2 Å². The van der Waals surface area contributed by atoms with E-state index in [0.29, 0.717) is 33.7 Å². The Morgan fingerprint density at radius 1 is 1.03 bits per heavy atom. The van der Waals surface area contributed by atoms with Gasteiger partial charge in [-0.2, -0.15) is 9.36 Å². The van der Waals surface area contributed by atoms with E-state index in [-0.39, 0.29) is 5.91 Å². The third-order valence-electron chi connectivity index (χ3n) is 4.42. The molecule has 10 heteroatoms. The molecule has 1 amide bonds. The highest BCUT2D eigenvalue weighted by Gasteiger charge is 2.20. The zero-order valence-corrected chi connectivity index (χ0v) is 17.3.